The standard InChI is InChI=1S/C24H51AsO4/c1-4-7-10-13-16-19-22-27-25(26,28-23-20-17-14-11-8-5-2)29-24-21-18-15-12-9-6-3/h4-24H2,1-3H3. The van der Waals surface area contributed by atoms with E-state index in [9.17, 15) is 3.74 Å². The third-order valence-corrected chi connectivity index (χ3v) is 8.38. The van der Waals surface area contributed by atoms with Gasteiger partial charge < -0.3 is 0 Å². The summed E-state index contributed by atoms with van der Waals surface area (Å²) in [4.78, 5) is 0. The van der Waals surface area contributed by atoms with Crippen LogP contribution in [0.5, 0.6) is 0 Å². The van der Waals surface area contributed by atoms with Crippen LogP contribution in [0.3, 0.4) is 0 Å². The molecule has 0 saturated carbocycles. The molecule has 0 aliphatic rings. The van der Waals surface area contributed by atoms with Gasteiger partial charge >= 0.3 is 186 Å². The predicted octanol–water partition coefficient (Wildman–Crippen LogP) is 7.98. The SMILES string of the molecule is CCCCCCCCO[As](=O)(OCCCCCCCC)OCCCCCCCC. The zero-order valence-electron chi connectivity index (χ0n) is 19.9. The first-order valence-electron chi connectivity index (χ1n) is 12.7. The molecule has 0 spiro atoms. The van der Waals surface area contributed by atoms with Gasteiger partial charge in [-0.15, -0.1) is 0 Å². The van der Waals surface area contributed by atoms with E-state index in [4.69, 9.17) is 11.2 Å². The van der Waals surface area contributed by atoms with E-state index in [0.717, 1.165) is 38.5 Å². The van der Waals surface area contributed by atoms with Crippen molar-refractivity contribution in [3.05, 3.63) is 0 Å². The van der Waals surface area contributed by atoms with Crippen molar-refractivity contribution in [3.63, 3.8) is 0 Å². The monoisotopic (exact) mass is 478 g/mol. The summed E-state index contributed by atoms with van der Waals surface area (Å²) in [6, 6.07) is 0. The quantitative estimate of drug-likeness (QED) is 0.104. The molecule has 29 heavy (non-hydrogen) atoms. The molecule has 0 saturated heterocycles. The number of unbranched alkanes of at least 4 members (excludes halogenated alkanes) is 15. The minimum absolute atomic E-state index is 0.496. The van der Waals surface area contributed by atoms with Crippen molar-refractivity contribution in [2.45, 2.75) is 136 Å². The fraction of sp³-hybridized carbons (Fsp3) is 1.00. The van der Waals surface area contributed by atoms with Gasteiger partial charge in [-0.1, -0.05) is 0 Å². The van der Waals surface area contributed by atoms with Gasteiger partial charge in [0.05, 0.1) is 0 Å². The van der Waals surface area contributed by atoms with Crippen molar-refractivity contribution in [2.24, 2.45) is 0 Å². The summed E-state index contributed by atoms with van der Waals surface area (Å²) in [6.45, 7) is 8.17. The molecule has 5 heteroatoms. The molecule has 0 bridgehead atoms. The minimum atomic E-state index is -4.11. The van der Waals surface area contributed by atoms with Gasteiger partial charge in [0.15, 0.2) is 0 Å². The molecule has 0 aromatic rings. The molecular weight excluding hydrogens is 427 g/mol. The Morgan fingerprint density at radius 2 is 0.655 bits per heavy atom. The second-order valence-electron chi connectivity index (χ2n) is 8.25. The first-order valence-corrected chi connectivity index (χ1v) is 15.8. The molecule has 0 aliphatic carbocycles. The Morgan fingerprint density at radius 1 is 0.414 bits per heavy atom. The van der Waals surface area contributed by atoms with Crippen molar-refractivity contribution in [1.82, 2.24) is 0 Å². The average molecular weight is 479 g/mol. The summed E-state index contributed by atoms with van der Waals surface area (Å²) in [5.41, 5.74) is 0. The van der Waals surface area contributed by atoms with Crippen LogP contribution >= 0.6 is 0 Å². The summed E-state index contributed by atoms with van der Waals surface area (Å²) in [7, 11) is 0. The Hall–Kier alpha value is 0.238. The molecule has 0 aromatic heterocycles. The summed E-state index contributed by atoms with van der Waals surface area (Å²) in [5.74, 6) is 0. The van der Waals surface area contributed by atoms with Crippen molar-refractivity contribution in [2.75, 3.05) is 19.8 Å². The molecule has 0 atom stereocenters. The molecule has 0 amide bonds. The van der Waals surface area contributed by atoms with E-state index >= 15 is 0 Å². The Bertz CT molecular complexity index is 310. The summed E-state index contributed by atoms with van der Waals surface area (Å²) in [6.07, 6.45) is 21.4. The van der Waals surface area contributed by atoms with Gasteiger partial charge in [-0.2, -0.15) is 0 Å². The Labute approximate surface area is 185 Å². The number of rotatable bonds is 24. The van der Waals surface area contributed by atoms with Gasteiger partial charge in [-0.3, -0.25) is 0 Å². The van der Waals surface area contributed by atoms with Crippen LogP contribution in [0.25, 0.3) is 0 Å². The Kier molecular flexibility index (Phi) is 23.1. The molecule has 0 aliphatic heterocycles. The second kappa shape index (κ2) is 22.9. The van der Waals surface area contributed by atoms with Crippen LogP contribution in [0.1, 0.15) is 136 Å². The maximum absolute atomic E-state index is 13.0. The predicted molar refractivity (Wildman–Crippen MR) is 124 cm³/mol. The Morgan fingerprint density at radius 3 is 0.931 bits per heavy atom. The summed E-state index contributed by atoms with van der Waals surface area (Å²) in [5, 5.41) is 0. The summed E-state index contributed by atoms with van der Waals surface area (Å²) < 4.78 is 30.1. The molecule has 0 unspecified atom stereocenters. The third kappa shape index (κ3) is 21.3. The van der Waals surface area contributed by atoms with Crippen LogP contribution in [0.15, 0.2) is 0 Å². The fourth-order valence-corrected chi connectivity index (χ4v) is 5.98. The van der Waals surface area contributed by atoms with Crippen LogP contribution in [0, 0.1) is 0 Å². The first kappa shape index (κ1) is 29.2. The topological polar surface area (TPSA) is 44.8 Å². The molecule has 0 rings (SSSR count). The Balaban J connectivity index is 4.05. The molecule has 0 heterocycles. The van der Waals surface area contributed by atoms with E-state index in [1.165, 1.54) is 77.0 Å². The third-order valence-electron chi connectivity index (χ3n) is 5.24. The van der Waals surface area contributed by atoms with Gasteiger partial charge in [0.25, 0.3) is 0 Å². The first-order chi connectivity index (χ1) is 14.2. The number of hydrogen-bond acceptors (Lipinski definition) is 4. The molecule has 0 fully saturated rings. The van der Waals surface area contributed by atoms with Crippen LogP contribution in [0.2, 0.25) is 0 Å². The van der Waals surface area contributed by atoms with Gasteiger partial charge in [0.1, 0.15) is 0 Å². The zero-order chi connectivity index (χ0) is 21.5. The molecule has 0 N–H and O–H groups in total. The fourth-order valence-electron chi connectivity index (χ4n) is 3.29. The molecular formula is C24H51AsO4. The van der Waals surface area contributed by atoms with E-state index in [0.29, 0.717) is 19.8 Å². The average Bonchev–Trinajstić information content (AvgIpc) is 2.72. The zero-order valence-corrected chi connectivity index (χ0v) is 21.8. The van der Waals surface area contributed by atoms with E-state index < -0.39 is 14.5 Å². The normalized spacial score (nSPS) is 12.0. The van der Waals surface area contributed by atoms with Crippen molar-refractivity contribution in [1.29, 1.82) is 0 Å². The van der Waals surface area contributed by atoms with Gasteiger partial charge in [0.2, 0.25) is 0 Å². The van der Waals surface area contributed by atoms with E-state index in [1.807, 2.05) is 0 Å². The van der Waals surface area contributed by atoms with Crippen LogP contribution in [-0.4, -0.2) is 34.3 Å². The van der Waals surface area contributed by atoms with Crippen molar-refractivity contribution < 1.29 is 14.9 Å². The van der Waals surface area contributed by atoms with E-state index in [-0.39, 0.29) is 0 Å². The van der Waals surface area contributed by atoms with Gasteiger partial charge in [-0.25, -0.2) is 0 Å². The summed E-state index contributed by atoms with van der Waals surface area (Å²) >= 11 is -4.11. The molecule has 176 valence electrons. The number of hydrogen-bond donors (Lipinski definition) is 0. The molecule has 4 nitrogen and oxygen atoms in total. The van der Waals surface area contributed by atoms with Crippen LogP contribution in [-0.2, 0) is 14.9 Å². The van der Waals surface area contributed by atoms with E-state index in [1.54, 1.807) is 0 Å². The van der Waals surface area contributed by atoms with Crippen LogP contribution < -0.4 is 0 Å². The molecule has 0 aromatic carbocycles. The van der Waals surface area contributed by atoms with E-state index in [2.05, 4.69) is 20.8 Å². The van der Waals surface area contributed by atoms with Gasteiger partial charge in [0, 0.05) is 0 Å². The van der Waals surface area contributed by atoms with Crippen molar-refractivity contribution in [3.8, 4) is 0 Å². The van der Waals surface area contributed by atoms with Crippen molar-refractivity contribution >= 4 is 14.5 Å². The van der Waals surface area contributed by atoms with Gasteiger partial charge in [-0.05, 0) is 0 Å². The maximum atomic E-state index is 13.0. The second-order valence-corrected chi connectivity index (χ2v) is 11.8. The van der Waals surface area contributed by atoms with Crippen LogP contribution in [0.4, 0.5) is 0 Å². The molecule has 0 radical (unpaired) electrons.